The van der Waals surface area contributed by atoms with Crippen LogP contribution in [-0.2, 0) is 0 Å². The van der Waals surface area contributed by atoms with Crippen LogP contribution in [0.25, 0.3) is 0 Å². The third-order valence-corrected chi connectivity index (χ3v) is 4.99. The molecule has 0 aromatic rings. The van der Waals surface area contributed by atoms with Gasteiger partial charge < -0.3 is 4.90 Å². The SMILES string of the molecule is CCC1(CC)CCN(CC2(CC#N)CC2)C1. The Labute approximate surface area is 99.6 Å². The van der Waals surface area contributed by atoms with Crippen molar-refractivity contribution >= 4 is 0 Å². The van der Waals surface area contributed by atoms with E-state index in [4.69, 9.17) is 5.26 Å². The van der Waals surface area contributed by atoms with Crippen LogP contribution in [0.4, 0.5) is 0 Å². The highest BCUT2D eigenvalue weighted by Crippen LogP contribution is 2.50. The average molecular weight is 220 g/mol. The Hall–Kier alpha value is -0.550. The number of nitriles is 1. The molecule has 0 N–H and O–H groups in total. The molecule has 0 radical (unpaired) electrons. The number of nitrogens with zero attached hydrogens (tertiary/aromatic N) is 2. The quantitative estimate of drug-likeness (QED) is 0.711. The van der Waals surface area contributed by atoms with Gasteiger partial charge in [0.15, 0.2) is 0 Å². The number of likely N-dealkylation sites (tertiary alicyclic amines) is 1. The molecule has 0 amide bonds. The summed E-state index contributed by atoms with van der Waals surface area (Å²) in [4.78, 5) is 2.62. The van der Waals surface area contributed by atoms with Gasteiger partial charge in [-0.3, -0.25) is 0 Å². The van der Waals surface area contributed by atoms with E-state index in [2.05, 4.69) is 24.8 Å². The van der Waals surface area contributed by atoms with Crippen molar-refractivity contribution in [2.45, 2.75) is 52.4 Å². The van der Waals surface area contributed by atoms with Gasteiger partial charge in [0.25, 0.3) is 0 Å². The van der Waals surface area contributed by atoms with Crippen molar-refractivity contribution in [3.8, 4) is 6.07 Å². The van der Waals surface area contributed by atoms with Crippen molar-refractivity contribution in [2.24, 2.45) is 10.8 Å². The molecule has 0 unspecified atom stereocenters. The Bertz CT molecular complexity index is 282. The lowest BCUT2D eigenvalue weighted by molar-refractivity contribution is 0.211. The highest BCUT2D eigenvalue weighted by atomic mass is 15.2. The van der Waals surface area contributed by atoms with Gasteiger partial charge in [-0.15, -0.1) is 0 Å². The monoisotopic (exact) mass is 220 g/mol. The van der Waals surface area contributed by atoms with Gasteiger partial charge >= 0.3 is 0 Å². The molecule has 1 aliphatic carbocycles. The Morgan fingerprint density at radius 1 is 1.12 bits per heavy atom. The summed E-state index contributed by atoms with van der Waals surface area (Å²) in [5.74, 6) is 0. The molecular weight excluding hydrogens is 196 g/mol. The third kappa shape index (κ3) is 2.25. The zero-order chi connectivity index (χ0) is 11.6. The van der Waals surface area contributed by atoms with Crippen LogP contribution in [0, 0.1) is 22.2 Å². The van der Waals surface area contributed by atoms with Crippen LogP contribution in [0.2, 0.25) is 0 Å². The van der Waals surface area contributed by atoms with Gasteiger partial charge in [-0.1, -0.05) is 13.8 Å². The highest BCUT2D eigenvalue weighted by molar-refractivity contribution is 5.02. The summed E-state index contributed by atoms with van der Waals surface area (Å²) in [6, 6.07) is 2.37. The lowest BCUT2D eigenvalue weighted by Crippen LogP contribution is -2.31. The van der Waals surface area contributed by atoms with Gasteiger partial charge in [-0.2, -0.15) is 5.26 Å². The molecular formula is C14H24N2. The summed E-state index contributed by atoms with van der Waals surface area (Å²) in [5, 5.41) is 8.84. The van der Waals surface area contributed by atoms with Crippen molar-refractivity contribution in [2.75, 3.05) is 19.6 Å². The molecule has 1 aliphatic heterocycles. The van der Waals surface area contributed by atoms with Crippen LogP contribution >= 0.6 is 0 Å². The topological polar surface area (TPSA) is 27.0 Å². The van der Waals surface area contributed by atoms with Crippen molar-refractivity contribution < 1.29 is 0 Å². The fraction of sp³-hybridized carbons (Fsp3) is 0.929. The fourth-order valence-corrected chi connectivity index (χ4v) is 3.20. The van der Waals surface area contributed by atoms with E-state index in [1.165, 1.54) is 51.7 Å². The molecule has 0 aromatic carbocycles. The first-order valence-electron chi connectivity index (χ1n) is 6.77. The first kappa shape index (κ1) is 11.9. The second-order valence-corrected chi connectivity index (χ2v) is 6.00. The minimum absolute atomic E-state index is 0.395. The molecule has 1 heterocycles. The summed E-state index contributed by atoms with van der Waals surface area (Å²) >= 11 is 0. The van der Waals surface area contributed by atoms with Gasteiger partial charge in [0, 0.05) is 19.5 Å². The fourth-order valence-electron chi connectivity index (χ4n) is 3.20. The van der Waals surface area contributed by atoms with E-state index in [-0.39, 0.29) is 0 Å². The van der Waals surface area contributed by atoms with Crippen LogP contribution in [-0.4, -0.2) is 24.5 Å². The lowest BCUT2D eigenvalue weighted by Gasteiger charge is -2.28. The zero-order valence-electron chi connectivity index (χ0n) is 10.8. The van der Waals surface area contributed by atoms with Gasteiger partial charge in [0.05, 0.1) is 6.07 Å². The van der Waals surface area contributed by atoms with Crippen LogP contribution in [0.3, 0.4) is 0 Å². The summed E-state index contributed by atoms with van der Waals surface area (Å²) in [7, 11) is 0. The molecule has 90 valence electrons. The van der Waals surface area contributed by atoms with Crippen LogP contribution in [0.15, 0.2) is 0 Å². The smallest absolute Gasteiger partial charge is 0.0628 e. The normalized spacial score (nSPS) is 26.6. The molecule has 16 heavy (non-hydrogen) atoms. The highest BCUT2D eigenvalue weighted by Gasteiger charge is 2.46. The van der Waals surface area contributed by atoms with Gasteiger partial charge in [-0.05, 0) is 49.5 Å². The summed E-state index contributed by atoms with van der Waals surface area (Å²) in [6.45, 7) is 8.37. The maximum atomic E-state index is 8.84. The molecule has 2 fully saturated rings. The zero-order valence-corrected chi connectivity index (χ0v) is 10.8. The van der Waals surface area contributed by atoms with E-state index < -0.39 is 0 Å². The maximum absolute atomic E-state index is 8.84. The van der Waals surface area contributed by atoms with Crippen LogP contribution in [0.1, 0.15) is 52.4 Å². The second-order valence-electron chi connectivity index (χ2n) is 6.00. The van der Waals surface area contributed by atoms with Crippen LogP contribution < -0.4 is 0 Å². The Morgan fingerprint density at radius 3 is 2.25 bits per heavy atom. The molecule has 0 spiro atoms. The van der Waals surface area contributed by atoms with E-state index in [1.54, 1.807) is 0 Å². The second kappa shape index (κ2) is 4.37. The number of hydrogen-bond donors (Lipinski definition) is 0. The minimum atomic E-state index is 0.395. The largest absolute Gasteiger partial charge is 0.302 e. The molecule has 0 bridgehead atoms. The lowest BCUT2D eigenvalue weighted by atomic mass is 9.82. The summed E-state index contributed by atoms with van der Waals surface area (Å²) in [6.07, 6.45) is 7.32. The number of rotatable bonds is 5. The Balaban J connectivity index is 1.88. The van der Waals surface area contributed by atoms with Crippen LogP contribution in [0.5, 0.6) is 0 Å². The van der Waals surface area contributed by atoms with Gasteiger partial charge in [0.1, 0.15) is 0 Å². The first-order chi connectivity index (χ1) is 7.67. The average Bonchev–Trinajstić information content (AvgIpc) is 2.92. The molecule has 2 rings (SSSR count). The molecule has 2 heteroatoms. The standard InChI is InChI=1S/C14H24N2/c1-3-13(4-2)8-10-16(11-13)12-14(5-6-14)7-9-15/h3-8,10-12H2,1-2H3. The van der Waals surface area contributed by atoms with Crippen molar-refractivity contribution in [3.63, 3.8) is 0 Å². The predicted molar refractivity (Wildman–Crippen MR) is 66.0 cm³/mol. The van der Waals surface area contributed by atoms with E-state index in [0.717, 1.165) is 6.42 Å². The minimum Gasteiger partial charge on any atom is -0.302 e. The molecule has 2 aliphatic rings. The van der Waals surface area contributed by atoms with E-state index >= 15 is 0 Å². The van der Waals surface area contributed by atoms with E-state index in [9.17, 15) is 0 Å². The molecule has 2 nitrogen and oxygen atoms in total. The Morgan fingerprint density at radius 2 is 1.81 bits per heavy atom. The molecule has 1 saturated carbocycles. The molecule has 1 saturated heterocycles. The van der Waals surface area contributed by atoms with Crippen molar-refractivity contribution in [1.82, 2.24) is 4.90 Å². The van der Waals surface area contributed by atoms with E-state index in [0.29, 0.717) is 10.8 Å². The van der Waals surface area contributed by atoms with Gasteiger partial charge in [-0.25, -0.2) is 0 Å². The molecule has 0 atom stereocenters. The van der Waals surface area contributed by atoms with Crippen molar-refractivity contribution in [3.05, 3.63) is 0 Å². The van der Waals surface area contributed by atoms with Crippen molar-refractivity contribution in [1.29, 1.82) is 5.26 Å². The van der Waals surface area contributed by atoms with E-state index in [1.807, 2.05) is 0 Å². The third-order valence-electron chi connectivity index (χ3n) is 4.99. The summed E-state index contributed by atoms with van der Waals surface area (Å²) < 4.78 is 0. The Kier molecular flexibility index (Phi) is 3.26. The number of hydrogen-bond acceptors (Lipinski definition) is 2. The van der Waals surface area contributed by atoms with Gasteiger partial charge in [0.2, 0.25) is 0 Å². The first-order valence-corrected chi connectivity index (χ1v) is 6.77. The molecule has 0 aromatic heterocycles. The predicted octanol–water partition coefficient (Wildman–Crippen LogP) is 3.19. The maximum Gasteiger partial charge on any atom is 0.0628 e. The summed E-state index contributed by atoms with van der Waals surface area (Å²) in [5.41, 5.74) is 0.981.